The molecule has 0 saturated carbocycles. The van der Waals surface area contributed by atoms with Crippen molar-refractivity contribution in [1.82, 2.24) is 14.7 Å². The van der Waals surface area contributed by atoms with E-state index in [1.54, 1.807) is 15.8 Å². The fourth-order valence-corrected chi connectivity index (χ4v) is 3.60. The highest BCUT2D eigenvalue weighted by Crippen LogP contribution is 2.30. The number of sulfonamides is 1. The van der Waals surface area contributed by atoms with E-state index in [4.69, 9.17) is 5.14 Å². The van der Waals surface area contributed by atoms with Crippen molar-refractivity contribution in [2.24, 2.45) is 18.1 Å². The fraction of sp³-hybridized carbons (Fsp3) is 0.667. The van der Waals surface area contributed by atoms with Crippen LogP contribution in [0.25, 0.3) is 0 Å². The molecule has 1 aliphatic rings. The van der Waals surface area contributed by atoms with E-state index in [0.717, 1.165) is 11.3 Å². The summed E-state index contributed by atoms with van der Waals surface area (Å²) in [5.41, 5.74) is 1.98. The molecule has 0 spiro atoms. The number of likely N-dealkylation sites (tertiary alicyclic amines) is 1. The van der Waals surface area contributed by atoms with Gasteiger partial charge in [0.2, 0.25) is 15.9 Å². The van der Waals surface area contributed by atoms with Crippen LogP contribution in [0.4, 0.5) is 0 Å². The number of primary sulfonamides is 1. The molecule has 2 N–H and O–H groups in total. The summed E-state index contributed by atoms with van der Waals surface area (Å²) in [5, 5.41) is 9.22. The average Bonchev–Trinajstić information content (AvgIpc) is 2.81. The molecule has 7 nitrogen and oxygen atoms in total. The smallest absolute Gasteiger partial charge is 0.223 e. The Labute approximate surface area is 118 Å². The molecule has 0 aliphatic carbocycles. The van der Waals surface area contributed by atoms with Gasteiger partial charge in [0.15, 0.2) is 0 Å². The maximum atomic E-state index is 12.1. The van der Waals surface area contributed by atoms with Gasteiger partial charge in [-0.1, -0.05) is 0 Å². The number of carbonyl (C=O) groups excluding carboxylic acids is 1. The first-order valence-corrected chi connectivity index (χ1v) is 8.19. The predicted molar refractivity (Wildman–Crippen MR) is 74.2 cm³/mol. The average molecular weight is 300 g/mol. The number of rotatable bonds is 4. The molecule has 1 saturated heterocycles. The predicted octanol–water partition coefficient (Wildman–Crippen LogP) is -0.0735. The molecule has 1 aromatic rings. The van der Waals surface area contributed by atoms with Crippen LogP contribution in [0.5, 0.6) is 0 Å². The lowest BCUT2D eigenvalue weighted by Gasteiger charge is -2.24. The van der Waals surface area contributed by atoms with E-state index in [9.17, 15) is 13.2 Å². The molecular formula is C12H20N4O3S. The summed E-state index contributed by atoms with van der Waals surface area (Å²) in [5.74, 6) is -0.403. The largest absolute Gasteiger partial charge is 0.335 e. The standard InChI is InChI=1S/C12H20N4O3S/c1-8-11(5-14-15(8)3)9(2)16-6-10(4-12(16)17)7-20(13,18)19/h5,9-10H,4,6-7H2,1-3H3,(H2,13,18,19). The lowest BCUT2D eigenvalue weighted by molar-refractivity contribution is -0.129. The van der Waals surface area contributed by atoms with Gasteiger partial charge in [-0.2, -0.15) is 5.10 Å². The number of nitrogens with two attached hydrogens (primary N) is 1. The minimum Gasteiger partial charge on any atom is -0.335 e. The van der Waals surface area contributed by atoms with Crippen LogP contribution in [0, 0.1) is 12.8 Å². The van der Waals surface area contributed by atoms with Crippen molar-refractivity contribution in [2.75, 3.05) is 12.3 Å². The molecule has 1 aliphatic heterocycles. The minimum absolute atomic E-state index is 0.0330. The Hall–Kier alpha value is -1.41. The molecule has 2 atom stereocenters. The topological polar surface area (TPSA) is 98.3 Å². The van der Waals surface area contributed by atoms with Crippen LogP contribution in [-0.4, -0.2) is 41.3 Å². The lowest BCUT2D eigenvalue weighted by Crippen LogP contribution is -2.30. The zero-order chi connectivity index (χ0) is 15.1. The molecule has 1 amide bonds. The van der Waals surface area contributed by atoms with Gasteiger partial charge in [-0.05, 0) is 13.8 Å². The molecule has 2 heterocycles. The van der Waals surface area contributed by atoms with Gasteiger partial charge < -0.3 is 4.90 Å². The van der Waals surface area contributed by atoms with Gasteiger partial charge in [-0.25, -0.2) is 13.6 Å². The number of hydrogen-bond acceptors (Lipinski definition) is 4. The summed E-state index contributed by atoms with van der Waals surface area (Å²) >= 11 is 0. The third kappa shape index (κ3) is 3.01. The van der Waals surface area contributed by atoms with Crippen molar-refractivity contribution < 1.29 is 13.2 Å². The van der Waals surface area contributed by atoms with Crippen molar-refractivity contribution in [3.8, 4) is 0 Å². The molecule has 0 radical (unpaired) electrons. The highest BCUT2D eigenvalue weighted by molar-refractivity contribution is 7.89. The van der Waals surface area contributed by atoms with Crippen LogP contribution in [0.1, 0.15) is 30.6 Å². The van der Waals surface area contributed by atoms with Gasteiger partial charge in [-0.3, -0.25) is 9.48 Å². The highest BCUT2D eigenvalue weighted by atomic mass is 32.2. The molecule has 0 aromatic carbocycles. The Balaban J connectivity index is 2.14. The number of hydrogen-bond donors (Lipinski definition) is 1. The molecule has 0 bridgehead atoms. The first-order chi connectivity index (χ1) is 9.19. The third-order valence-electron chi connectivity index (χ3n) is 3.90. The Bertz CT molecular complexity index is 623. The normalized spacial score (nSPS) is 21.5. The van der Waals surface area contributed by atoms with E-state index < -0.39 is 10.0 Å². The van der Waals surface area contributed by atoms with Crippen LogP contribution in [-0.2, 0) is 21.9 Å². The van der Waals surface area contributed by atoms with Crippen LogP contribution < -0.4 is 5.14 Å². The quantitative estimate of drug-likeness (QED) is 0.841. The van der Waals surface area contributed by atoms with Crippen molar-refractivity contribution in [3.63, 3.8) is 0 Å². The molecular weight excluding hydrogens is 280 g/mol. The third-order valence-corrected chi connectivity index (χ3v) is 4.83. The van der Waals surface area contributed by atoms with E-state index in [-0.39, 0.29) is 30.0 Å². The van der Waals surface area contributed by atoms with Crippen LogP contribution in [0.3, 0.4) is 0 Å². The Kier molecular flexibility index (Phi) is 3.88. The second-order valence-electron chi connectivity index (χ2n) is 5.43. The van der Waals surface area contributed by atoms with Crippen LogP contribution in [0.2, 0.25) is 0 Å². The highest BCUT2D eigenvalue weighted by Gasteiger charge is 2.35. The maximum absolute atomic E-state index is 12.1. The van der Waals surface area contributed by atoms with E-state index >= 15 is 0 Å². The molecule has 2 rings (SSSR count). The zero-order valence-electron chi connectivity index (χ0n) is 11.9. The van der Waals surface area contributed by atoms with Gasteiger partial charge in [-0.15, -0.1) is 0 Å². The van der Waals surface area contributed by atoms with Crippen molar-refractivity contribution in [3.05, 3.63) is 17.5 Å². The van der Waals surface area contributed by atoms with Gasteiger partial charge in [0.25, 0.3) is 0 Å². The van der Waals surface area contributed by atoms with Gasteiger partial charge in [0.05, 0.1) is 18.0 Å². The van der Waals surface area contributed by atoms with Crippen molar-refractivity contribution in [1.29, 1.82) is 0 Å². The summed E-state index contributed by atoms with van der Waals surface area (Å²) in [6.45, 7) is 4.30. The van der Waals surface area contributed by atoms with Crippen LogP contribution >= 0.6 is 0 Å². The van der Waals surface area contributed by atoms with Crippen molar-refractivity contribution >= 4 is 15.9 Å². The first-order valence-electron chi connectivity index (χ1n) is 6.47. The number of aryl methyl sites for hydroxylation is 1. The summed E-state index contributed by atoms with van der Waals surface area (Å²) in [4.78, 5) is 13.8. The Morgan fingerprint density at radius 1 is 1.55 bits per heavy atom. The summed E-state index contributed by atoms with van der Waals surface area (Å²) in [6.07, 6.45) is 1.99. The SMILES string of the molecule is Cc1c(C(C)N2CC(CS(N)(=O)=O)CC2=O)cnn1C. The van der Waals surface area contributed by atoms with E-state index in [0.29, 0.717) is 6.54 Å². The summed E-state index contributed by atoms with van der Waals surface area (Å²) in [7, 11) is -1.70. The molecule has 2 unspecified atom stereocenters. The van der Waals surface area contributed by atoms with E-state index in [1.165, 1.54) is 0 Å². The molecule has 20 heavy (non-hydrogen) atoms. The molecule has 1 fully saturated rings. The number of amides is 1. The monoisotopic (exact) mass is 300 g/mol. The molecule has 112 valence electrons. The fourth-order valence-electron chi connectivity index (χ4n) is 2.72. The van der Waals surface area contributed by atoms with E-state index in [2.05, 4.69) is 5.10 Å². The maximum Gasteiger partial charge on any atom is 0.223 e. The first kappa shape index (κ1) is 15.0. The lowest BCUT2D eigenvalue weighted by atomic mass is 10.1. The summed E-state index contributed by atoms with van der Waals surface area (Å²) < 4.78 is 24.0. The zero-order valence-corrected chi connectivity index (χ0v) is 12.7. The van der Waals surface area contributed by atoms with Crippen molar-refractivity contribution in [2.45, 2.75) is 26.3 Å². The van der Waals surface area contributed by atoms with Gasteiger partial charge in [0, 0.05) is 37.2 Å². The minimum atomic E-state index is -3.54. The number of aromatic nitrogens is 2. The summed E-state index contributed by atoms with van der Waals surface area (Å²) in [6, 6.07) is -0.110. The Morgan fingerprint density at radius 3 is 2.70 bits per heavy atom. The second kappa shape index (κ2) is 5.17. The molecule has 1 aromatic heterocycles. The van der Waals surface area contributed by atoms with Gasteiger partial charge in [0.1, 0.15) is 0 Å². The molecule has 8 heteroatoms. The second-order valence-corrected chi connectivity index (χ2v) is 7.09. The number of nitrogens with zero attached hydrogens (tertiary/aromatic N) is 3. The van der Waals surface area contributed by atoms with Crippen LogP contribution in [0.15, 0.2) is 6.20 Å². The van der Waals surface area contributed by atoms with Gasteiger partial charge >= 0.3 is 0 Å². The Morgan fingerprint density at radius 2 is 2.20 bits per heavy atom. The number of carbonyl (C=O) groups is 1. The van der Waals surface area contributed by atoms with E-state index in [1.807, 2.05) is 20.9 Å².